The van der Waals surface area contributed by atoms with Crippen molar-refractivity contribution in [3.63, 3.8) is 0 Å². The molecule has 0 spiro atoms. The molecule has 1 heterocycles. The highest BCUT2D eigenvalue weighted by molar-refractivity contribution is 5.96. The number of carbonyl (C=O) groups excluding carboxylic acids is 1. The first kappa shape index (κ1) is 25.9. The van der Waals surface area contributed by atoms with E-state index in [2.05, 4.69) is 5.32 Å². The van der Waals surface area contributed by atoms with Crippen LogP contribution in [0.2, 0.25) is 0 Å². The molecule has 0 radical (unpaired) electrons. The first-order valence-corrected chi connectivity index (χ1v) is 11.6. The zero-order valence-electron chi connectivity index (χ0n) is 20.3. The summed E-state index contributed by atoms with van der Waals surface area (Å²) < 4.78 is 43.5. The second-order valence-corrected chi connectivity index (χ2v) is 8.80. The lowest BCUT2D eigenvalue weighted by Crippen LogP contribution is -2.41. The van der Waals surface area contributed by atoms with Crippen LogP contribution in [0.3, 0.4) is 0 Å². The van der Waals surface area contributed by atoms with Crippen molar-refractivity contribution in [2.45, 2.75) is 25.1 Å². The molecule has 0 aliphatic heterocycles. The minimum absolute atomic E-state index is 0.0288. The van der Waals surface area contributed by atoms with Crippen molar-refractivity contribution < 1.29 is 18.0 Å². The second kappa shape index (κ2) is 10.4. The largest absolute Gasteiger partial charge is 0.417 e. The van der Waals surface area contributed by atoms with Crippen LogP contribution in [0.5, 0.6) is 0 Å². The van der Waals surface area contributed by atoms with Gasteiger partial charge in [0.25, 0.3) is 0 Å². The number of amides is 1. The Bertz CT molecular complexity index is 1430. The highest BCUT2D eigenvalue weighted by Gasteiger charge is 2.35. The maximum absolute atomic E-state index is 14.1. The molecule has 4 rings (SSSR count). The Kier molecular flexibility index (Phi) is 7.31. The van der Waals surface area contributed by atoms with Crippen LogP contribution < -0.4 is 16.6 Å². The van der Waals surface area contributed by atoms with E-state index in [1.165, 1.54) is 35.9 Å². The summed E-state index contributed by atoms with van der Waals surface area (Å²) >= 11 is 0. The van der Waals surface area contributed by atoms with Crippen LogP contribution in [0, 0.1) is 6.92 Å². The number of carbonyl (C=O) groups is 1. The third-order valence-corrected chi connectivity index (χ3v) is 6.48. The molecule has 0 aliphatic carbocycles. The molecule has 0 saturated heterocycles. The SMILES string of the molecule is Cc1c(-c2ccc(NC(=O)[C@@H](N)C(c3ccccc3)c3ccccc3)cc2C(F)(F)F)ccc(=O)n1C. The minimum Gasteiger partial charge on any atom is -0.325 e. The van der Waals surface area contributed by atoms with Crippen LogP contribution >= 0.6 is 0 Å². The van der Waals surface area contributed by atoms with Gasteiger partial charge >= 0.3 is 6.18 Å². The number of nitrogens with zero attached hydrogens (tertiary/aromatic N) is 1. The highest BCUT2D eigenvalue weighted by Crippen LogP contribution is 2.39. The molecule has 0 aliphatic rings. The maximum Gasteiger partial charge on any atom is 0.417 e. The summed E-state index contributed by atoms with van der Waals surface area (Å²) in [5.74, 6) is -1.12. The van der Waals surface area contributed by atoms with E-state index in [4.69, 9.17) is 5.73 Å². The van der Waals surface area contributed by atoms with E-state index >= 15 is 0 Å². The Balaban J connectivity index is 1.69. The Morgan fingerprint density at radius 1 is 0.865 bits per heavy atom. The van der Waals surface area contributed by atoms with E-state index in [9.17, 15) is 22.8 Å². The lowest BCUT2D eigenvalue weighted by atomic mass is 9.85. The molecule has 190 valence electrons. The van der Waals surface area contributed by atoms with Crippen LogP contribution in [0.4, 0.5) is 18.9 Å². The van der Waals surface area contributed by atoms with Crippen molar-refractivity contribution >= 4 is 11.6 Å². The molecule has 0 bridgehead atoms. The number of aromatic nitrogens is 1. The molecule has 0 saturated carbocycles. The molecule has 8 heteroatoms. The number of rotatable bonds is 6. The van der Waals surface area contributed by atoms with Crippen LogP contribution in [-0.2, 0) is 18.0 Å². The fourth-order valence-electron chi connectivity index (χ4n) is 4.41. The fraction of sp³-hybridized carbons (Fsp3) is 0.172. The van der Waals surface area contributed by atoms with E-state index in [0.29, 0.717) is 5.69 Å². The van der Waals surface area contributed by atoms with Crippen molar-refractivity contribution in [1.82, 2.24) is 4.57 Å². The summed E-state index contributed by atoms with van der Waals surface area (Å²) in [6.45, 7) is 1.58. The molecular weight excluding hydrogens is 479 g/mol. The zero-order chi connectivity index (χ0) is 26.7. The summed E-state index contributed by atoms with van der Waals surface area (Å²) in [4.78, 5) is 25.1. The number of halogens is 3. The number of hydrogen-bond donors (Lipinski definition) is 2. The number of nitrogens with two attached hydrogens (primary N) is 1. The van der Waals surface area contributed by atoms with Gasteiger partial charge in [-0.15, -0.1) is 0 Å². The highest BCUT2D eigenvalue weighted by atomic mass is 19.4. The van der Waals surface area contributed by atoms with Crippen molar-refractivity contribution in [1.29, 1.82) is 0 Å². The predicted octanol–water partition coefficient (Wildman–Crippen LogP) is 5.48. The lowest BCUT2D eigenvalue weighted by Gasteiger charge is -2.25. The molecule has 3 aromatic carbocycles. The number of hydrogen-bond acceptors (Lipinski definition) is 3. The van der Waals surface area contributed by atoms with Gasteiger partial charge in [0.2, 0.25) is 11.5 Å². The minimum atomic E-state index is -4.70. The first-order valence-electron chi connectivity index (χ1n) is 11.6. The van der Waals surface area contributed by atoms with Gasteiger partial charge in [0.1, 0.15) is 0 Å². The summed E-state index contributed by atoms with van der Waals surface area (Å²) in [6.07, 6.45) is -4.70. The monoisotopic (exact) mass is 505 g/mol. The topological polar surface area (TPSA) is 77.1 Å². The standard InChI is InChI=1S/C29H26F3N3O2/c1-18-22(15-16-25(36)35(18)2)23-14-13-21(17-24(23)29(30,31)32)34-28(37)27(33)26(19-9-5-3-6-10-19)20-11-7-4-8-12-20/h3-17,26-27H,33H2,1-2H3,(H,34,37)/t27-/m0/s1. The summed E-state index contributed by atoms with van der Waals surface area (Å²) in [7, 11) is 1.50. The van der Waals surface area contributed by atoms with Gasteiger partial charge < -0.3 is 15.6 Å². The van der Waals surface area contributed by atoms with Gasteiger partial charge in [-0.2, -0.15) is 13.2 Å². The maximum atomic E-state index is 14.1. The fourth-order valence-corrected chi connectivity index (χ4v) is 4.41. The Labute approximate surface area is 212 Å². The van der Waals surface area contributed by atoms with Crippen molar-refractivity contribution in [2.24, 2.45) is 12.8 Å². The summed E-state index contributed by atoms with van der Waals surface area (Å²) in [5.41, 5.74) is 7.33. The Morgan fingerprint density at radius 2 is 1.41 bits per heavy atom. The summed E-state index contributed by atoms with van der Waals surface area (Å²) in [5, 5.41) is 2.57. The van der Waals surface area contributed by atoms with Crippen LogP contribution in [0.1, 0.15) is 28.3 Å². The summed E-state index contributed by atoms with van der Waals surface area (Å²) in [6, 6.07) is 23.6. The van der Waals surface area contributed by atoms with Crippen LogP contribution in [0.15, 0.2) is 95.8 Å². The van der Waals surface area contributed by atoms with Crippen molar-refractivity contribution in [3.8, 4) is 11.1 Å². The van der Waals surface area contributed by atoms with Crippen LogP contribution in [-0.4, -0.2) is 16.5 Å². The second-order valence-electron chi connectivity index (χ2n) is 8.80. The number of alkyl halides is 3. The number of anilines is 1. The average Bonchev–Trinajstić information content (AvgIpc) is 2.88. The molecule has 1 aromatic heterocycles. The molecule has 37 heavy (non-hydrogen) atoms. The number of nitrogens with one attached hydrogen (secondary N) is 1. The third-order valence-electron chi connectivity index (χ3n) is 6.48. The smallest absolute Gasteiger partial charge is 0.325 e. The third kappa shape index (κ3) is 5.49. The Hall–Kier alpha value is -4.17. The molecular formula is C29H26F3N3O2. The van der Waals surface area contributed by atoms with Gasteiger partial charge in [0.15, 0.2) is 0 Å². The van der Waals surface area contributed by atoms with Gasteiger partial charge in [-0.05, 0) is 41.8 Å². The average molecular weight is 506 g/mol. The van der Waals surface area contributed by atoms with E-state index < -0.39 is 29.6 Å². The molecule has 3 N–H and O–H groups in total. The number of benzene rings is 3. The van der Waals surface area contributed by atoms with E-state index in [1.54, 1.807) is 6.92 Å². The van der Waals surface area contributed by atoms with Gasteiger partial charge in [-0.1, -0.05) is 66.7 Å². The predicted molar refractivity (Wildman–Crippen MR) is 138 cm³/mol. The van der Waals surface area contributed by atoms with Crippen LogP contribution in [0.25, 0.3) is 11.1 Å². The van der Waals surface area contributed by atoms with Gasteiger partial charge in [-0.25, -0.2) is 0 Å². The first-order chi connectivity index (χ1) is 17.6. The Morgan fingerprint density at radius 3 is 1.95 bits per heavy atom. The van der Waals surface area contributed by atoms with Gasteiger partial charge in [0.05, 0.1) is 11.6 Å². The molecule has 4 aromatic rings. The van der Waals surface area contributed by atoms with Crippen molar-refractivity contribution in [2.75, 3.05) is 5.32 Å². The quantitative estimate of drug-likeness (QED) is 0.365. The van der Waals surface area contributed by atoms with E-state index in [0.717, 1.165) is 17.2 Å². The lowest BCUT2D eigenvalue weighted by molar-refractivity contribution is -0.137. The van der Waals surface area contributed by atoms with E-state index in [-0.39, 0.29) is 22.4 Å². The number of pyridine rings is 1. The molecule has 1 atom stereocenters. The molecule has 1 amide bonds. The normalized spacial score (nSPS) is 12.4. The molecule has 0 unspecified atom stereocenters. The van der Waals surface area contributed by atoms with E-state index in [1.807, 2.05) is 60.7 Å². The molecule has 5 nitrogen and oxygen atoms in total. The zero-order valence-corrected chi connectivity index (χ0v) is 20.3. The molecule has 0 fully saturated rings. The van der Waals surface area contributed by atoms with Gasteiger partial charge in [-0.3, -0.25) is 9.59 Å². The van der Waals surface area contributed by atoms with Crippen molar-refractivity contribution in [3.05, 3.63) is 124 Å². The van der Waals surface area contributed by atoms with Gasteiger partial charge in [0, 0.05) is 36.0 Å².